The summed E-state index contributed by atoms with van der Waals surface area (Å²) in [5.74, 6) is 0.241. The SMILES string of the molecule is COCCN1C(=O)C2(CC2)NC1c1ccsc1. The van der Waals surface area contributed by atoms with E-state index in [0.717, 1.165) is 12.8 Å². The molecular formula is C12H16N2O2S. The zero-order valence-electron chi connectivity index (χ0n) is 9.81. The Bertz CT molecular complexity index is 414. The van der Waals surface area contributed by atoms with Crippen molar-refractivity contribution in [3.05, 3.63) is 22.4 Å². The molecule has 1 aliphatic carbocycles. The third kappa shape index (κ3) is 1.78. The van der Waals surface area contributed by atoms with Gasteiger partial charge in [-0.2, -0.15) is 11.3 Å². The molecule has 1 aromatic heterocycles. The van der Waals surface area contributed by atoms with Crippen LogP contribution in [0.25, 0.3) is 0 Å². The number of ether oxygens (including phenoxy) is 1. The number of carbonyl (C=O) groups is 1. The fourth-order valence-electron chi connectivity index (χ4n) is 2.39. The summed E-state index contributed by atoms with van der Waals surface area (Å²) in [7, 11) is 1.67. The maximum absolute atomic E-state index is 12.3. The standard InChI is InChI=1S/C12H16N2O2S/c1-16-6-5-14-10(9-2-7-17-8-9)13-12(3-4-12)11(14)15/h2,7-8,10,13H,3-6H2,1H3. The topological polar surface area (TPSA) is 41.6 Å². The van der Waals surface area contributed by atoms with Gasteiger partial charge in [0.25, 0.3) is 0 Å². The summed E-state index contributed by atoms with van der Waals surface area (Å²) in [5.41, 5.74) is 0.934. The van der Waals surface area contributed by atoms with Gasteiger partial charge in [-0.15, -0.1) is 0 Å². The Balaban J connectivity index is 1.83. The summed E-state index contributed by atoms with van der Waals surface area (Å²) in [6.07, 6.45) is 1.97. The van der Waals surface area contributed by atoms with E-state index in [1.54, 1.807) is 18.4 Å². The molecule has 1 aromatic rings. The van der Waals surface area contributed by atoms with E-state index >= 15 is 0 Å². The lowest BCUT2D eigenvalue weighted by Crippen LogP contribution is -2.34. The van der Waals surface area contributed by atoms with Gasteiger partial charge in [0.1, 0.15) is 11.7 Å². The van der Waals surface area contributed by atoms with Crippen LogP contribution in [0.4, 0.5) is 0 Å². The molecule has 1 N–H and O–H groups in total. The third-order valence-electron chi connectivity index (χ3n) is 3.54. The minimum Gasteiger partial charge on any atom is -0.383 e. The van der Waals surface area contributed by atoms with E-state index in [4.69, 9.17) is 4.74 Å². The van der Waals surface area contributed by atoms with Crippen LogP contribution in [-0.2, 0) is 9.53 Å². The number of methoxy groups -OCH3 is 1. The van der Waals surface area contributed by atoms with E-state index in [9.17, 15) is 4.79 Å². The van der Waals surface area contributed by atoms with Gasteiger partial charge in [0.05, 0.1) is 6.61 Å². The average Bonchev–Trinajstić information content (AvgIpc) is 2.82. The molecule has 3 rings (SSSR count). The fourth-order valence-corrected chi connectivity index (χ4v) is 3.07. The van der Waals surface area contributed by atoms with Gasteiger partial charge < -0.3 is 9.64 Å². The number of rotatable bonds is 4. The molecule has 1 unspecified atom stereocenters. The molecule has 4 nitrogen and oxygen atoms in total. The molecule has 0 aromatic carbocycles. The van der Waals surface area contributed by atoms with E-state index in [1.807, 2.05) is 10.3 Å². The lowest BCUT2D eigenvalue weighted by atomic mass is 10.2. The van der Waals surface area contributed by atoms with Crippen molar-refractivity contribution in [3.63, 3.8) is 0 Å². The van der Waals surface area contributed by atoms with Crippen molar-refractivity contribution in [2.24, 2.45) is 0 Å². The number of nitrogens with zero attached hydrogens (tertiary/aromatic N) is 1. The summed E-state index contributed by atoms with van der Waals surface area (Å²) in [6.45, 7) is 1.24. The minimum atomic E-state index is -0.250. The van der Waals surface area contributed by atoms with Crippen molar-refractivity contribution < 1.29 is 9.53 Å². The fraction of sp³-hybridized carbons (Fsp3) is 0.583. The van der Waals surface area contributed by atoms with Crippen LogP contribution in [0.3, 0.4) is 0 Å². The first-order valence-electron chi connectivity index (χ1n) is 5.87. The van der Waals surface area contributed by atoms with Gasteiger partial charge in [-0.1, -0.05) is 0 Å². The Morgan fingerprint density at radius 2 is 2.47 bits per heavy atom. The molecule has 0 bridgehead atoms. The molecule has 1 saturated heterocycles. The first-order chi connectivity index (χ1) is 8.27. The normalized spacial score (nSPS) is 25.8. The van der Waals surface area contributed by atoms with Gasteiger partial charge >= 0.3 is 0 Å². The highest BCUT2D eigenvalue weighted by molar-refractivity contribution is 7.07. The molecule has 2 aliphatic rings. The van der Waals surface area contributed by atoms with Crippen LogP contribution in [0, 0.1) is 0 Å². The third-order valence-corrected chi connectivity index (χ3v) is 4.24. The van der Waals surface area contributed by atoms with Gasteiger partial charge in [-0.25, -0.2) is 0 Å². The summed E-state index contributed by atoms with van der Waals surface area (Å²) in [6, 6.07) is 2.08. The van der Waals surface area contributed by atoms with Crippen LogP contribution in [0.1, 0.15) is 24.6 Å². The van der Waals surface area contributed by atoms with Crippen LogP contribution in [0.5, 0.6) is 0 Å². The predicted octanol–water partition coefficient (Wildman–Crippen LogP) is 1.36. The smallest absolute Gasteiger partial charge is 0.244 e. The minimum absolute atomic E-state index is 0.0337. The molecule has 2 fully saturated rings. The molecule has 17 heavy (non-hydrogen) atoms. The van der Waals surface area contributed by atoms with Crippen molar-refractivity contribution >= 4 is 17.2 Å². The van der Waals surface area contributed by atoms with Crippen molar-refractivity contribution in [3.8, 4) is 0 Å². The number of nitrogens with one attached hydrogen (secondary N) is 1. The summed E-state index contributed by atoms with van der Waals surface area (Å²) >= 11 is 1.66. The van der Waals surface area contributed by atoms with Gasteiger partial charge in [0, 0.05) is 13.7 Å². The molecule has 1 saturated carbocycles. The van der Waals surface area contributed by atoms with Crippen LogP contribution in [-0.4, -0.2) is 36.6 Å². The van der Waals surface area contributed by atoms with Crippen LogP contribution < -0.4 is 5.32 Å². The molecule has 1 amide bonds. The second kappa shape index (κ2) is 4.08. The van der Waals surface area contributed by atoms with E-state index in [0.29, 0.717) is 13.2 Å². The van der Waals surface area contributed by atoms with E-state index in [1.165, 1.54) is 5.56 Å². The molecule has 5 heteroatoms. The van der Waals surface area contributed by atoms with E-state index < -0.39 is 0 Å². The Kier molecular flexibility index (Phi) is 2.69. The molecule has 2 heterocycles. The van der Waals surface area contributed by atoms with Crippen LogP contribution >= 0.6 is 11.3 Å². The number of thiophene rings is 1. The van der Waals surface area contributed by atoms with Crippen molar-refractivity contribution in [2.45, 2.75) is 24.5 Å². The summed E-state index contributed by atoms with van der Waals surface area (Å²) in [4.78, 5) is 14.2. The van der Waals surface area contributed by atoms with Crippen molar-refractivity contribution in [1.82, 2.24) is 10.2 Å². The molecule has 0 radical (unpaired) electrons. The Morgan fingerprint density at radius 1 is 1.65 bits per heavy atom. The number of amides is 1. The lowest BCUT2D eigenvalue weighted by molar-refractivity contribution is -0.131. The molecule has 1 atom stereocenters. The Labute approximate surface area is 105 Å². The lowest BCUT2D eigenvalue weighted by Gasteiger charge is -2.23. The predicted molar refractivity (Wildman–Crippen MR) is 65.7 cm³/mol. The highest BCUT2D eigenvalue weighted by atomic mass is 32.1. The van der Waals surface area contributed by atoms with E-state index in [-0.39, 0.29) is 17.6 Å². The van der Waals surface area contributed by atoms with Crippen LogP contribution in [0.15, 0.2) is 16.8 Å². The highest BCUT2D eigenvalue weighted by Gasteiger charge is 2.59. The highest BCUT2D eigenvalue weighted by Crippen LogP contribution is 2.45. The number of carbonyl (C=O) groups excluding carboxylic acids is 1. The first-order valence-corrected chi connectivity index (χ1v) is 6.81. The van der Waals surface area contributed by atoms with Crippen molar-refractivity contribution in [1.29, 1.82) is 0 Å². The van der Waals surface area contributed by atoms with Gasteiger partial charge in [0.2, 0.25) is 5.91 Å². The Morgan fingerprint density at radius 3 is 3.06 bits per heavy atom. The number of hydrogen-bond acceptors (Lipinski definition) is 4. The largest absolute Gasteiger partial charge is 0.383 e. The average molecular weight is 252 g/mol. The van der Waals surface area contributed by atoms with Gasteiger partial charge in [0.15, 0.2) is 0 Å². The monoisotopic (exact) mass is 252 g/mol. The quantitative estimate of drug-likeness (QED) is 0.879. The Hall–Kier alpha value is -0.910. The maximum Gasteiger partial charge on any atom is 0.244 e. The maximum atomic E-state index is 12.3. The molecule has 1 spiro atoms. The van der Waals surface area contributed by atoms with Crippen LogP contribution in [0.2, 0.25) is 0 Å². The summed E-state index contributed by atoms with van der Waals surface area (Å²) in [5, 5.41) is 7.63. The molecule has 1 aliphatic heterocycles. The summed E-state index contributed by atoms with van der Waals surface area (Å²) < 4.78 is 5.09. The van der Waals surface area contributed by atoms with Crippen molar-refractivity contribution in [2.75, 3.05) is 20.3 Å². The second-order valence-electron chi connectivity index (χ2n) is 4.68. The van der Waals surface area contributed by atoms with Gasteiger partial charge in [-0.3, -0.25) is 10.1 Å². The number of hydrogen-bond donors (Lipinski definition) is 1. The first kappa shape index (κ1) is 11.2. The zero-order valence-corrected chi connectivity index (χ0v) is 10.6. The molecule has 92 valence electrons. The zero-order chi connectivity index (χ0) is 11.9. The molecular weight excluding hydrogens is 236 g/mol. The van der Waals surface area contributed by atoms with Gasteiger partial charge in [-0.05, 0) is 35.2 Å². The second-order valence-corrected chi connectivity index (χ2v) is 5.46. The van der Waals surface area contributed by atoms with E-state index in [2.05, 4.69) is 16.8 Å².